The van der Waals surface area contributed by atoms with Crippen molar-refractivity contribution in [3.63, 3.8) is 0 Å². The number of likely N-dealkylation sites (tertiary alicyclic amines) is 1. The molecular formula is C17H36IN5O. The number of guanidine groups is 1. The zero-order valence-corrected chi connectivity index (χ0v) is 17.8. The van der Waals surface area contributed by atoms with E-state index < -0.39 is 0 Å². The van der Waals surface area contributed by atoms with E-state index >= 15 is 0 Å². The molecule has 2 saturated heterocycles. The molecule has 0 bridgehead atoms. The molecule has 2 aliphatic rings. The van der Waals surface area contributed by atoms with Gasteiger partial charge in [-0.1, -0.05) is 6.92 Å². The van der Waals surface area contributed by atoms with Crippen molar-refractivity contribution in [1.29, 1.82) is 0 Å². The van der Waals surface area contributed by atoms with Crippen LogP contribution in [-0.4, -0.2) is 87.4 Å². The topological polar surface area (TPSA) is 52.1 Å². The van der Waals surface area contributed by atoms with E-state index in [2.05, 4.69) is 34.3 Å². The summed E-state index contributed by atoms with van der Waals surface area (Å²) < 4.78 is 5.39. The minimum absolute atomic E-state index is 0. The minimum Gasteiger partial charge on any atom is -0.379 e. The van der Waals surface area contributed by atoms with Crippen LogP contribution in [-0.2, 0) is 4.74 Å². The fraction of sp³-hybridized carbons (Fsp3) is 0.941. The highest BCUT2D eigenvalue weighted by Gasteiger charge is 2.19. The first kappa shape index (κ1) is 21.9. The summed E-state index contributed by atoms with van der Waals surface area (Å²) in [6, 6.07) is 0.560. The second kappa shape index (κ2) is 13.1. The lowest BCUT2D eigenvalue weighted by molar-refractivity contribution is 0.0394. The number of ether oxygens (including phenoxy) is 1. The Hall–Kier alpha value is -0.120. The zero-order chi connectivity index (χ0) is 16.3. The van der Waals surface area contributed by atoms with E-state index in [1.165, 1.54) is 38.9 Å². The van der Waals surface area contributed by atoms with E-state index in [-0.39, 0.29) is 24.0 Å². The maximum absolute atomic E-state index is 5.39. The van der Waals surface area contributed by atoms with Crippen molar-refractivity contribution in [1.82, 2.24) is 20.4 Å². The van der Waals surface area contributed by atoms with Crippen LogP contribution >= 0.6 is 24.0 Å². The summed E-state index contributed by atoms with van der Waals surface area (Å²) in [6.07, 6.45) is 3.69. The molecule has 0 aromatic heterocycles. The predicted molar refractivity (Wildman–Crippen MR) is 112 cm³/mol. The van der Waals surface area contributed by atoms with Crippen molar-refractivity contribution in [3.8, 4) is 0 Å². The molecule has 0 radical (unpaired) electrons. The molecule has 0 aromatic rings. The van der Waals surface area contributed by atoms with Crippen molar-refractivity contribution >= 4 is 29.9 Å². The Labute approximate surface area is 164 Å². The molecule has 0 aliphatic carbocycles. The minimum atomic E-state index is 0. The third-order valence-corrected chi connectivity index (χ3v) is 4.60. The molecule has 2 heterocycles. The fourth-order valence-electron chi connectivity index (χ4n) is 3.26. The van der Waals surface area contributed by atoms with Crippen LogP contribution in [0.25, 0.3) is 0 Å². The number of piperidine rings is 1. The van der Waals surface area contributed by atoms with Crippen LogP contribution in [0.4, 0.5) is 0 Å². The number of nitrogens with one attached hydrogen (secondary N) is 2. The molecule has 0 saturated carbocycles. The standard InChI is InChI=1S/C17H35N5O.HI/c1-3-8-21-9-5-16(6-10-21)20-17(18-4-2)19-7-11-22-12-14-23-15-13-22;/h16H,3-15H2,1-2H3,(H2,18,19,20);1H. The lowest BCUT2D eigenvalue weighted by Crippen LogP contribution is -2.49. The highest BCUT2D eigenvalue weighted by atomic mass is 127. The van der Waals surface area contributed by atoms with Crippen molar-refractivity contribution in [2.45, 2.75) is 39.2 Å². The number of morpholine rings is 1. The van der Waals surface area contributed by atoms with Gasteiger partial charge in [-0.3, -0.25) is 9.89 Å². The predicted octanol–water partition coefficient (Wildman–Crippen LogP) is 1.37. The van der Waals surface area contributed by atoms with Crippen LogP contribution in [0.3, 0.4) is 0 Å². The quantitative estimate of drug-likeness (QED) is 0.347. The van der Waals surface area contributed by atoms with Gasteiger partial charge >= 0.3 is 0 Å². The maximum atomic E-state index is 5.39. The first-order valence-corrected chi connectivity index (χ1v) is 9.39. The van der Waals surface area contributed by atoms with E-state index in [4.69, 9.17) is 9.73 Å². The van der Waals surface area contributed by atoms with Crippen LogP contribution < -0.4 is 10.6 Å². The Morgan fingerprint density at radius 1 is 1.04 bits per heavy atom. The molecule has 6 nitrogen and oxygen atoms in total. The molecule has 2 fully saturated rings. The zero-order valence-electron chi connectivity index (χ0n) is 15.4. The van der Waals surface area contributed by atoms with E-state index in [1.807, 2.05) is 0 Å². The summed E-state index contributed by atoms with van der Waals surface area (Å²) in [4.78, 5) is 9.76. The van der Waals surface area contributed by atoms with Gasteiger partial charge in [0.2, 0.25) is 0 Å². The van der Waals surface area contributed by atoms with E-state index in [0.717, 1.165) is 51.9 Å². The van der Waals surface area contributed by atoms with Gasteiger partial charge in [0.05, 0.1) is 19.8 Å². The fourth-order valence-corrected chi connectivity index (χ4v) is 3.26. The van der Waals surface area contributed by atoms with Crippen molar-refractivity contribution in [3.05, 3.63) is 0 Å². The van der Waals surface area contributed by atoms with Gasteiger partial charge in [0, 0.05) is 45.3 Å². The molecular weight excluding hydrogens is 417 g/mol. The van der Waals surface area contributed by atoms with Gasteiger partial charge in [-0.25, -0.2) is 0 Å². The smallest absolute Gasteiger partial charge is 0.191 e. The normalized spacial score (nSPS) is 21.3. The van der Waals surface area contributed by atoms with Gasteiger partial charge in [0.25, 0.3) is 0 Å². The number of hydrogen-bond acceptors (Lipinski definition) is 4. The van der Waals surface area contributed by atoms with E-state index in [0.29, 0.717) is 6.04 Å². The highest BCUT2D eigenvalue weighted by molar-refractivity contribution is 14.0. The molecule has 142 valence electrons. The van der Waals surface area contributed by atoms with Crippen LogP contribution in [0.1, 0.15) is 33.1 Å². The molecule has 24 heavy (non-hydrogen) atoms. The Morgan fingerprint density at radius 2 is 1.71 bits per heavy atom. The molecule has 2 rings (SSSR count). The van der Waals surface area contributed by atoms with Crippen LogP contribution in [0.2, 0.25) is 0 Å². The average Bonchev–Trinajstić information content (AvgIpc) is 2.58. The van der Waals surface area contributed by atoms with Crippen LogP contribution in [0.15, 0.2) is 4.99 Å². The monoisotopic (exact) mass is 453 g/mol. The van der Waals surface area contributed by atoms with Gasteiger partial charge < -0.3 is 20.3 Å². The van der Waals surface area contributed by atoms with Gasteiger partial charge in [-0.2, -0.15) is 0 Å². The average molecular weight is 453 g/mol. The second-order valence-electron chi connectivity index (χ2n) is 6.47. The lowest BCUT2D eigenvalue weighted by atomic mass is 10.1. The van der Waals surface area contributed by atoms with E-state index in [9.17, 15) is 0 Å². The third kappa shape index (κ3) is 8.31. The van der Waals surface area contributed by atoms with E-state index in [1.54, 1.807) is 0 Å². The highest BCUT2D eigenvalue weighted by Crippen LogP contribution is 2.10. The number of rotatable bonds is 7. The third-order valence-electron chi connectivity index (χ3n) is 4.60. The number of hydrogen-bond donors (Lipinski definition) is 2. The molecule has 2 N–H and O–H groups in total. The van der Waals surface area contributed by atoms with Crippen LogP contribution in [0.5, 0.6) is 0 Å². The summed E-state index contributed by atoms with van der Waals surface area (Å²) in [5, 5.41) is 7.01. The molecule has 7 heteroatoms. The molecule has 0 spiro atoms. The van der Waals surface area contributed by atoms with Crippen molar-refractivity contribution in [2.24, 2.45) is 4.99 Å². The largest absolute Gasteiger partial charge is 0.379 e. The summed E-state index contributed by atoms with van der Waals surface area (Å²) in [6.45, 7) is 14.6. The molecule has 0 aromatic carbocycles. The van der Waals surface area contributed by atoms with Gasteiger partial charge in [0.15, 0.2) is 5.96 Å². The van der Waals surface area contributed by atoms with Gasteiger partial charge in [0.1, 0.15) is 0 Å². The maximum Gasteiger partial charge on any atom is 0.191 e. The second-order valence-corrected chi connectivity index (χ2v) is 6.47. The molecule has 2 aliphatic heterocycles. The van der Waals surface area contributed by atoms with Crippen LogP contribution in [0, 0.1) is 0 Å². The van der Waals surface area contributed by atoms with Crippen molar-refractivity contribution < 1.29 is 4.74 Å². The SMILES string of the molecule is CCCN1CCC(NC(=NCCN2CCOCC2)NCC)CC1.I. The lowest BCUT2D eigenvalue weighted by Gasteiger charge is -2.33. The Kier molecular flexibility index (Phi) is 12.0. The Morgan fingerprint density at radius 3 is 2.33 bits per heavy atom. The summed E-state index contributed by atoms with van der Waals surface area (Å²) in [5.74, 6) is 0.981. The van der Waals surface area contributed by atoms with Gasteiger partial charge in [-0.15, -0.1) is 24.0 Å². The Balaban J connectivity index is 0.00000288. The summed E-state index contributed by atoms with van der Waals surface area (Å²) >= 11 is 0. The molecule has 0 atom stereocenters. The number of nitrogens with zero attached hydrogens (tertiary/aromatic N) is 3. The summed E-state index contributed by atoms with van der Waals surface area (Å²) in [5.41, 5.74) is 0. The molecule has 0 amide bonds. The summed E-state index contributed by atoms with van der Waals surface area (Å²) in [7, 11) is 0. The van der Waals surface area contributed by atoms with Gasteiger partial charge in [-0.05, 0) is 32.7 Å². The van der Waals surface area contributed by atoms with Crippen molar-refractivity contribution in [2.75, 3.05) is 65.6 Å². The first-order valence-electron chi connectivity index (χ1n) is 9.39. The molecule has 0 unspecified atom stereocenters. The number of halogens is 1. The number of aliphatic imine (C=N–C) groups is 1. The Bertz CT molecular complexity index is 342. The first-order chi connectivity index (χ1) is 11.3.